The van der Waals surface area contributed by atoms with Crippen molar-refractivity contribution in [1.82, 2.24) is 0 Å². The van der Waals surface area contributed by atoms with Crippen LogP contribution < -0.4 is 15.8 Å². The van der Waals surface area contributed by atoms with E-state index in [0.29, 0.717) is 17.1 Å². The fourth-order valence-electron chi connectivity index (χ4n) is 1.77. The van der Waals surface area contributed by atoms with Crippen molar-refractivity contribution in [1.29, 1.82) is 0 Å². The van der Waals surface area contributed by atoms with E-state index in [1.165, 1.54) is 0 Å². The molecule has 0 fully saturated rings. The molecule has 21 heavy (non-hydrogen) atoms. The zero-order valence-corrected chi connectivity index (χ0v) is 14.5. The lowest BCUT2D eigenvalue weighted by Crippen LogP contribution is -2.20. The van der Waals surface area contributed by atoms with Gasteiger partial charge in [0.15, 0.2) is 6.61 Å². The summed E-state index contributed by atoms with van der Waals surface area (Å²) in [5, 5.41) is 2.75. The molecule has 0 saturated carbocycles. The number of hydrogen-bond acceptors (Lipinski definition) is 3. The van der Waals surface area contributed by atoms with Crippen LogP contribution in [0.15, 0.2) is 45.3 Å². The van der Waals surface area contributed by atoms with Crippen molar-refractivity contribution in [2.24, 2.45) is 0 Å². The minimum absolute atomic E-state index is 0.0640. The van der Waals surface area contributed by atoms with Gasteiger partial charge in [-0.3, -0.25) is 4.79 Å². The number of nitrogen functional groups attached to an aromatic ring is 1. The summed E-state index contributed by atoms with van der Waals surface area (Å²) >= 11 is 6.82. The Morgan fingerprint density at radius 2 is 1.90 bits per heavy atom. The minimum atomic E-state index is -0.228. The lowest BCUT2D eigenvalue weighted by Gasteiger charge is -2.12. The summed E-state index contributed by atoms with van der Waals surface area (Å²) in [6.45, 7) is 1.86. The first-order valence-corrected chi connectivity index (χ1v) is 7.78. The summed E-state index contributed by atoms with van der Waals surface area (Å²) < 4.78 is 7.33. The number of carbonyl (C=O) groups is 1. The van der Waals surface area contributed by atoms with Gasteiger partial charge in [0, 0.05) is 15.8 Å². The second-order valence-corrected chi connectivity index (χ2v) is 6.26. The Kier molecular flexibility index (Phi) is 5.25. The molecule has 6 heteroatoms. The second-order valence-electron chi connectivity index (χ2n) is 4.49. The summed E-state index contributed by atoms with van der Waals surface area (Å²) in [6.07, 6.45) is 0. The highest BCUT2D eigenvalue weighted by atomic mass is 79.9. The number of aryl methyl sites for hydroxylation is 1. The molecule has 0 saturated heterocycles. The van der Waals surface area contributed by atoms with E-state index in [4.69, 9.17) is 10.5 Å². The molecule has 3 N–H and O–H groups in total. The highest BCUT2D eigenvalue weighted by molar-refractivity contribution is 9.11. The maximum Gasteiger partial charge on any atom is 0.262 e. The van der Waals surface area contributed by atoms with Gasteiger partial charge in [-0.2, -0.15) is 0 Å². The molecule has 1 amide bonds. The third-order valence-corrected chi connectivity index (χ3v) is 3.78. The lowest BCUT2D eigenvalue weighted by molar-refractivity contribution is -0.118. The van der Waals surface area contributed by atoms with E-state index in [2.05, 4.69) is 37.2 Å². The molecule has 0 bridgehead atoms. The summed E-state index contributed by atoms with van der Waals surface area (Å²) in [6, 6.07) is 10.7. The first-order chi connectivity index (χ1) is 9.95. The van der Waals surface area contributed by atoms with Gasteiger partial charge in [-0.05, 0) is 64.8 Å². The van der Waals surface area contributed by atoms with E-state index in [0.717, 1.165) is 14.5 Å². The molecule has 110 valence electrons. The molecular formula is C15H14Br2N2O2. The van der Waals surface area contributed by atoms with Crippen LogP contribution in [0.4, 0.5) is 11.4 Å². The van der Waals surface area contributed by atoms with E-state index in [-0.39, 0.29) is 12.5 Å². The van der Waals surface area contributed by atoms with Crippen molar-refractivity contribution in [3.8, 4) is 5.75 Å². The van der Waals surface area contributed by atoms with Gasteiger partial charge >= 0.3 is 0 Å². The minimum Gasteiger partial charge on any atom is -0.482 e. The Hall–Kier alpha value is -1.53. The molecule has 2 rings (SSSR count). The summed E-state index contributed by atoms with van der Waals surface area (Å²) in [7, 11) is 0. The number of carbonyl (C=O) groups excluding carboxylic acids is 1. The van der Waals surface area contributed by atoms with Crippen molar-refractivity contribution in [3.63, 3.8) is 0 Å². The monoisotopic (exact) mass is 412 g/mol. The van der Waals surface area contributed by atoms with E-state index in [9.17, 15) is 4.79 Å². The maximum atomic E-state index is 11.9. The number of rotatable bonds is 4. The van der Waals surface area contributed by atoms with Gasteiger partial charge < -0.3 is 15.8 Å². The largest absolute Gasteiger partial charge is 0.482 e. The van der Waals surface area contributed by atoms with E-state index < -0.39 is 0 Å². The van der Waals surface area contributed by atoms with Crippen LogP contribution in [-0.4, -0.2) is 12.5 Å². The fourth-order valence-corrected chi connectivity index (χ4v) is 3.33. The average Bonchev–Trinajstić information content (AvgIpc) is 2.40. The number of nitrogens with two attached hydrogens (primary N) is 1. The molecule has 2 aromatic rings. The first kappa shape index (κ1) is 15.9. The van der Waals surface area contributed by atoms with Crippen LogP contribution in [0.25, 0.3) is 0 Å². The molecule has 0 aliphatic rings. The molecule has 0 aliphatic carbocycles. The topological polar surface area (TPSA) is 64.3 Å². The van der Waals surface area contributed by atoms with E-state index in [1.54, 1.807) is 24.3 Å². The number of anilines is 2. The number of amides is 1. The smallest absolute Gasteiger partial charge is 0.262 e. The highest BCUT2D eigenvalue weighted by Gasteiger charge is 2.10. The third kappa shape index (κ3) is 4.47. The Morgan fingerprint density at radius 3 is 2.52 bits per heavy atom. The molecule has 0 spiro atoms. The van der Waals surface area contributed by atoms with Crippen LogP contribution in [0.1, 0.15) is 5.56 Å². The van der Waals surface area contributed by atoms with E-state index >= 15 is 0 Å². The molecular weight excluding hydrogens is 400 g/mol. The predicted molar refractivity (Wildman–Crippen MR) is 91.6 cm³/mol. The van der Waals surface area contributed by atoms with Gasteiger partial charge in [0.05, 0.1) is 4.47 Å². The number of hydrogen-bond donors (Lipinski definition) is 2. The maximum absolute atomic E-state index is 11.9. The van der Waals surface area contributed by atoms with Gasteiger partial charge in [-0.25, -0.2) is 0 Å². The van der Waals surface area contributed by atoms with Gasteiger partial charge in [0.2, 0.25) is 0 Å². The molecule has 0 unspecified atom stereocenters. The predicted octanol–water partition coefficient (Wildman–Crippen LogP) is 4.12. The quantitative estimate of drug-likeness (QED) is 0.741. The van der Waals surface area contributed by atoms with Gasteiger partial charge in [0.25, 0.3) is 5.91 Å². The van der Waals surface area contributed by atoms with Crippen molar-refractivity contribution >= 4 is 49.1 Å². The Bertz CT molecular complexity index is 634. The summed E-state index contributed by atoms with van der Waals surface area (Å²) in [4.78, 5) is 11.9. The van der Waals surface area contributed by atoms with Crippen LogP contribution in [0.2, 0.25) is 0 Å². The van der Waals surface area contributed by atoms with Crippen molar-refractivity contribution in [2.45, 2.75) is 6.92 Å². The number of halogens is 2. The zero-order chi connectivity index (χ0) is 15.4. The Morgan fingerprint density at radius 1 is 1.24 bits per heavy atom. The van der Waals surface area contributed by atoms with Gasteiger partial charge in [-0.1, -0.05) is 15.9 Å². The summed E-state index contributed by atoms with van der Waals surface area (Å²) in [5.74, 6) is 0.430. The molecule has 4 nitrogen and oxygen atoms in total. The van der Waals surface area contributed by atoms with Crippen molar-refractivity contribution in [2.75, 3.05) is 17.7 Å². The van der Waals surface area contributed by atoms with Crippen LogP contribution >= 0.6 is 31.9 Å². The first-order valence-electron chi connectivity index (χ1n) is 6.19. The number of benzene rings is 2. The molecule has 2 aromatic carbocycles. The normalized spacial score (nSPS) is 10.2. The number of ether oxygens (including phenoxy) is 1. The molecule has 0 radical (unpaired) electrons. The van der Waals surface area contributed by atoms with Crippen LogP contribution in [-0.2, 0) is 4.79 Å². The zero-order valence-electron chi connectivity index (χ0n) is 11.3. The highest BCUT2D eigenvalue weighted by Crippen LogP contribution is 2.32. The fraction of sp³-hybridized carbons (Fsp3) is 0.133. The van der Waals surface area contributed by atoms with Crippen LogP contribution in [0.5, 0.6) is 5.75 Å². The lowest BCUT2D eigenvalue weighted by atomic mass is 10.2. The SMILES string of the molecule is Cc1cc(Br)cc(Br)c1OCC(=O)Nc1ccc(N)cc1. The molecule has 0 atom stereocenters. The Balaban J connectivity index is 1.97. The molecule has 0 aromatic heterocycles. The molecule has 0 aliphatic heterocycles. The van der Waals surface area contributed by atoms with E-state index in [1.807, 2.05) is 19.1 Å². The average molecular weight is 414 g/mol. The Labute approximate surface area is 139 Å². The van der Waals surface area contributed by atoms with Gasteiger partial charge in [0.1, 0.15) is 5.75 Å². The van der Waals surface area contributed by atoms with Crippen molar-refractivity contribution in [3.05, 3.63) is 50.9 Å². The second kappa shape index (κ2) is 6.95. The van der Waals surface area contributed by atoms with Crippen molar-refractivity contribution < 1.29 is 9.53 Å². The van der Waals surface area contributed by atoms with Crippen LogP contribution in [0, 0.1) is 6.92 Å². The standard InChI is InChI=1S/C15H14Br2N2O2/c1-9-6-10(16)7-13(17)15(9)21-8-14(20)19-12-4-2-11(18)3-5-12/h2-7H,8,18H2,1H3,(H,19,20). The third-order valence-electron chi connectivity index (χ3n) is 2.74. The van der Waals surface area contributed by atoms with Gasteiger partial charge in [-0.15, -0.1) is 0 Å². The summed E-state index contributed by atoms with van der Waals surface area (Å²) in [5.41, 5.74) is 7.87. The van der Waals surface area contributed by atoms with Crippen LogP contribution in [0.3, 0.4) is 0 Å². The molecule has 0 heterocycles. The number of nitrogens with one attached hydrogen (secondary N) is 1.